The van der Waals surface area contributed by atoms with Crippen molar-refractivity contribution in [3.63, 3.8) is 0 Å². The van der Waals surface area contributed by atoms with Gasteiger partial charge in [0, 0.05) is 18.8 Å². The van der Waals surface area contributed by atoms with E-state index >= 15 is 0 Å². The number of hydrogen-bond acceptors (Lipinski definition) is 2. The first-order valence-corrected chi connectivity index (χ1v) is 6.71. The van der Waals surface area contributed by atoms with Gasteiger partial charge in [0.15, 0.2) is 0 Å². The fraction of sp³-hybridized carbons (Fsp3) is 1.00. The summed E-state index contributed by atoms with van der Waals surface area (Å²) in [6.45, 7) is 4.05. The summed E-state index contributed by atoms with van der Waals surface area (Å²) in [5, 5.41) is 23.4. The second kappa shape index (κ2) is 3.97. The van der Waals surface area contributed by atoms with Crippen molar-refractivity contribution < 1.29 is 9.75 Å². The van der Waals surface area contributed by atoms with Gasteiger partial charge in [-0.3, -0.25) is 0 Å². The average molecular weight is 227 g/mol. The molecule has 16 heavy (non-hydrogen) atoms. The van der Waals surface area contributed by atoms with Crippen molar-refractivity contribution in [2.24, 2.45) is 5.92 Å². The number of likely N-dealkylation sites (tertiary alicyclic amines) is 1. The lowest BCUT2D eigenvalue weighted by atomic mass is 9.66. The lowest BCUT2D eigenvalue weighted by molar-refractivity contribution is -0.923. The number of hydroxylamine groups is 3. The van der Waals surface area contributed by atoms with E-state index < -0.39 is 5.60 Å². The van der Waals surface area contributed by atoms with Gasteiger partial charge in [0.2, 0.25) is 0 Å². The van der Waals surface area contributed by atoms with Crippen molar-refractivity contribution >= 4 is 0 Å². The van der Waals surface area contributed by atoms with Crippen molar-refractivity contribution in [1.29, 1.82) is 0 Å². The van der Waals surface area contributed by atoms with Crippen molar-refractivity contribution in [2.45, 2.75) is 70.1 Å². The minimum absolute atomic E-state index is 0.0318. The van der Waals surface area contributed by atoms with Crippen LogP contribution in [0.25, 0.3) is 0 Å². The predicted molar refractivity (Wildman–Crippen MR) is 64.6 cm³/mol. The van der Waals surface area contributed by atoms with Crippen LogP contribution in [0.2, 0.25) is 0 Å². The van der Waals surface area contributed by atoms with Crippen LogP contribution in [0.3, 0.4) is 0 Å². The highest BCUT2D eigenvalue weighted by molar-refractivity contribution is 4.97. The van der Waals surface area contributed by atoms with Crippen molar-refractivity contribution in [1.82, 2.24) is 0 Å². The number of nitrogens with zero attached hydrogens (tertiary/aromatic N) is 1. The summed E-state index contributed by atoms with van der Waals surface area (Å²) in [5.41, 5.74) is -0.577. The van der Waals surface area contributed by atoms with Gasteiger partial charge in [0.1, 0.15) is 0 Å². The first kappa shape index (κ1) is 12.3. The Morgan fingerprint density at radius 2 is 2.00 bits per heavy atom. The largest absolute Gasteiger partial charge is 0.633 e. The van der Waals surface area contributed by atoms with Crippen molar-refractivity contribution in [3.8, 4) is 0 Å². The summed E-state index contributed by atoms with van der Waals surface area (Å²) in [6.07, 6.45) is 5.83. The van der Waals surface area contributed by atoms with Crippen molar-refractivity contribution in [2.75, 3.05) is 7.05 Å². The van der Waals surface area contributed by atoms with Crippen LogP contribution < -0.4 is 0 Å². The second-order valence-electron chi connectivity index (χ2n) is 6.03. The molecule has 94 valence electrons. The molecule has 0 aromatic rings. The topological polar surface area (TPSA) is 43.3 Å². The summed E-state index contributed by atoms with van der Waals surface area (Å²) < 4.78 is -0.132. The number of fused-ring (bicyclic) bond motifs is 1. The minimum atomic E-state index is -0.577. The van der Waals surface area contributed by atoms with E-state index in [9.17, 15) is 10.3 Å². The van der Waals surface area contributed by atoms with Gasteiger partial charge in [-0.15, -0.1) is 0 Å². The first-order valence-electron chi connectivity index (χ1n) is 6.71. The molecule has 0 bridgehead atoms. The molecular weight excluding hydrogens is 202 g/mol. The number of rotatable bonds is 1. The summed E-state index contributed by atoms with van der Waals surface area (Å²) >= 11 is 0. The third-order valence-electron chi connectivity index (χ3n) is 5.21. The van der Waals surface area contributed by atoms with Crippen LogP contribution in [0.15, 0.2) is 0 Å². The monoisotopic (exact) mass is 227 g/mol. The Labute approximate surface area is 98.6 Å². The summed E-state index contributed by atoms with van der Waals surface area (Å²) in [5.74, 6) is 0.227. The van der Waals surface area contributed by atoms with Crippen LogP contribution in [0, 0.1) is 11.1 Å². The number of piperidine rings is 1. The van der Waals surface area contributed by atoms with Crippen LogP contribution in [-0.2, 0) is 0 Å². The fourth-order valence-electron chi connectivity index (χ4n) is 3.93. The van der Waals surface area contributed by atoms with E-state index in [0.29, 0.717) is 6.42 Å². The summed E-state index contributed by atoms with van der Waals surface area (Å²) in [7, 11) is 1.81. The van der Waals surface area contributed by atoms with Crippen LogP contribution >= 0.6 is 0 Å². The Morgan fingerprint density at radius 3 is 2.62 bits per heavy atom. The smallest absolute Gasteiger partial charge is 0.0943 e. The highest BCUT2D eigenvalue weighted by Crippen LogP contribution is 2.47. The van der Waals surface area contributed by atoms with E-state index in [4.69, 9.17) is 0 Å². The molecule has 2 aliphatic rings. The van der Waals surface area contributed by atoms with Gasteiger partial charge < -0.3 is 15.0 Å². The molecule has 3 nitrogen and oxygen atoms in total. The number of quaternary nitrogens is 1. The molecule has 2 fully saturated rings. The molecule has 2 rings (SSSR count). The number of aliphatic hydroxyl groups is 1. The van der Waals surface area contributed by atoms with Gasteiger partial charge in [0.25, 0.3) is 0 Å². The van der Waals surface area contributed by atoms with E-state index in [0.717, 1.165) is 25.7 Å². The molecule has 0 spiro atoms. The van der Waals surface area contributed by atoms with Gasteiger partial charge in [-0.1, -0.05) is 13.3 Å². The lowest BCUT2D eigenvalue weighted by Gasteiger charge is -2.61. The molecule has 0 aromatic carbocycles. The molecular formula is C13H25NO2. The quantitative estimate of drug-likeness (QED) is 0.552. The Bertz CT molecular complexity index is 261. The molecule has 1 aliphatic carbocycles. The standard InChI is InChI=1S/C13H25NO2/c1-4-13(15)9-10(2)14(3,16)12-8-6-5-7-11(12)13/h10-12,15H,4-9H2,1-3H3. The summed E-state index contributed by atoms with van der Waals surface area (Å²) in [4.78, 5) is 0. The lowest BCUT2D eigenvalue weighted by Crippen LogP contribution is -2.67. The maximum Gasteiger partial charge on any atom is 0.0943 e. The Hall–Kier alpha value is -0.120. The van der Waals surface area contributed by atoms with Gasteiger partial charge in [0.05, 0.1) is 24.7 Å². The summed E-state index contributed by atoms with van der Waals surface area (Å²) in [6, 6.07) is 0.159. The zero-order valence-corrected chi connectivity index (χ0v) is 10.8. The molecule has 3 heteroatoms. The highest BCUT2D eigenvalue weighted by Gasteiger charge is 2.53. The minimum Gasteiger partial charge on any atom is -0.633 e. The molecule has 0 radical (unpaired) electrons. The Kier molecular flexibility index (Phi) is 3.06. The molecule has 5 unspecified atom stereocenters. The Balaban J connectivity index is 2.30. The molecule has 5 atom stereocenters. The first-order chi connectivity index (χ1) is 7.42. The average Bonchev–Trinajstić information content (AvgIpc) is 2.27. The highest BCUT2D eigenvalue weighted by atomic mass is 16.5. The second-order valence-corrected chi connectivity index (χ2v) is 6.03. The van der Waals surface area contributed by atoms with E-state index in [2.05, 4.69) is 6.92 Å². The van der Waals surface area contributed by atoms with Crippen LogP contribution in [0.1, 0.15) is 52.4 Å². The molecule has 0 aromatic heterocycles. The van der Waals surface area contributed by atoms with Crippen LogP contribution in [0.4, 0.5) is 0 Å². The fourth-order valence-corrected chi connectivity index (χ4v) is 3.93. The van der Waals surface area contributed by atoms with E-state index in [1.165, 1.54) is 6.42 Å². The van der Waals surface area contributed by atoms with Gasteiger partial charge in [-0.2, -0.15) is 0 Å². The third kappa shape index (κ3) is 1.69. The van der Waals surface area contributed by atoms with Crippen LogP contribution in [0.5, 0.6) is 0 Å². The van der Waals surface area contributed by atoms with Gasteiger partial charge >= 0.3 is 0 Å². The van der Waals surface area contributed by atoms with E-state index in [1.54, 1.807) is 0 Å². The zero-order valence-electron chi connectivity index (χ0n) is 10.8. The predicted octanol–water partition coefficient (Wildman–Crippen LogP) is 2.42. The van der Waals surface area contributed by atoms with Gasteiger partial charge in [-0.05, 0) is 26.2 Å². The molecule has 1 aliphatic heterocycles. The molecule has 1 N–H and O–H groups in total. The normalized spacial score (nSPS) is 53.4. The van der Waals surface area contributed by atoms with E-state index in [-0.39, 0.29) is 22.6 Å². The van der Waals surface area contributed by atoms with E-state index in [1.807, 2.05) is 14.0 Å². The van der Waals surface area contributed by atoms with Crippen molar-refractivity contribution in [3.05, 3.63) is 5.21 Å². The molecule has 1 saturated heterocycles. The molecule has 1 saturated carbocycles. The zero-order chi connectivity index (χ0) is 12.0. The third-order valence-corrected chi connectivity index (χ3v) is 5.21. The number of hydrogen-bond donors (Lipinski definition) is 1. The van der Waals surface area contributed by atoms with Crippen LogP contribution in [-0.4, -0.2) is 34.5 Å². The van der Waals surface area contributed by atoms with Gasteiger partial charge in [-0.25, -0.2) is 0 Å². The molecule has 1 heterocycles. The maximum atomic E-state index is 12.6. The molecule has 0 amide bonds. The SMILES string of the molecule is CCC1(O)CC(C)[N+](C)([O-])C2CCCCC21. The maximum absolute atomic E-state index is 12.6. The Morgan fingerprint density at radius 1 is 1.38 bits per heavy atom.